The molecule has 6 heavy (non-hydrogen) atoms. The van der Waals surface area contributed by atoms with E-state index in [9.17, 15) is 8.78 Å². The quantitative estimate of drug-likeness (QED) is 0.510. The Hall–Kier alpha value is -0.180. The molecule has 0 aromatic heterocycles. The topological polar surface area (TPSA) is 20.2 Å². The van der Waals surface area contributed by atoms with E-state index >= 15 is 0 Å². The van der Waals surface area contributed by atoms with Gasteiger partial charge in [0.25, 0.3) is 5.92 Å². The van der Waals surface area contributed by atoms with Gasteiger partial charge in [0.2, 0.25) is 0 Å². The van der Waals surface area contributed by atoms with E-state index in [1.807, 2.05) is 0 Å². The fraction of sp³-hybridized carbons (Fsp3) is 1.00. The Labute approximate surface area is 37.4 Å². The third-order valence-corrected chi connectivity index (χ3v) is 0.196. The number of alkyl halides is 2. The molecule has 38 valence electrons. The van der Waals surface area contributed by atoms with Crippen LogP contribution in [0.25, 0.3) is 0 Å². The van der Waals surface area contributed by atoms with Gasteiger partial charge in [-0.2, -0.15) is 0 Å². The molecule has 3 heteroatoms. The van der Waals surface area contributed by atoms with Crippen molar-refractivity contribution < 1.29 is 16.6 Å². The second-order valence-corrected chi connectivity index (χ2v) is 1.00. The number of aliphatic hydroxyl groups is 1. The normalized spacial score (nSPS) is 19.3. The molecule has 0 aromatic carbocycles. The van der Waals surface area contributed by atoms with E-state index in [0.29, 0.717) is 6.92 Å². The van der Waals surface area contributed by atoms with Crippen molar-refractivity contribution in [3.8, 4) is 0 Å². The van der Waals surface area contributed by atoms with Crippen molar-refractivity contribution in [2.24, 2.45) is 0 Å². The van der Waals surface area contributed by atoms with Gasteiger partial charge in [-0.15, -0.1) is 0 Å². The van der Waals surface area contributed by atoms with Crippen LogP contribution in [0.15, 0.2) is 0 Å². The fourth-order valence-corrected chi connectivity index (χ4v) is 0. The molecule has 0 radical (unpaired) electrons. The van der Waals surface area contributed by atoms with Crippen molar-refractivity contribution in [3.05, 3.63) is 0 Å². The molecule has 1 N–H and O–H groups in total. The van der Waals surface area contributed by atoms with Gasteiger partial charge in [-0.25, -0.2) is 8.78 Å². The molecular formula is C3H6F2O. The molecular weight excluding hydrogens is 90.0 g/mol. The first-order valence-corrected chi connectivity index (χ1v) is 1.35. The van der Waals surface area contributed by atoms with E-state index in [2.05, 4.69) is 0 Å². The highest BCUT2D eigenvalue weighted by Crippen LogP contribution is 2.07. The van der Waals surface area contributed by atoms with Crippen molar-refractivity contribution in [1.29, 1.82) is 0 Å². The minimum absolute atomic E-state index is 0.312. The molecule has 0 bridgehead atoms. The minimum atomic E-state index is -3.67. The van der Waals surface area contributed by atoms with Gasteiger partial charge in [0.1, 0.15) is 6.56 Å². The summed E-state index contributed by atoms with van der Waals surface area (Å²) in [4.78, 5) is 0. The molecule has 1 nitrogen and oxygen atoms in total. The summed E-state index contributed by atoms with van der Waals surface area (Å²) in [5, 5.41) is 7.94. The molecule has 0 fully saturated rings. The van der Waals surface area contributed by atoms with Crippen LogP contribution in [0.3, 0.4) is 0 Å². The molecule has 0 aliphatic heterocycles. The van der Waals surface area contributed by atoms with Crippen molar-refractivity contribution in [3.63, 3.8) is 0 Å². The van der Waals surface area contributed by atoms with Crippen LogP contribution in [0.1, 0.15) is 9.67 Å². The third-order valence-electron chi connectivity index (χ3n) is 0.196. The zero-order valence-corrected chi connectivity index (χ0v) is 3.20. The molecule has 0 rings (SSSR count). The van der Waals surface area contributed by atoms with Gasteiger partial charge in [-0.1, -0.05) is 0 Å². The van der Waals surface area contributed by atoms with Crippen LogP contribution in [-0.4, -0.2) is 17.6 Å². The zero-order valence-electron chi connectivity index (χ0n) is 5.20. The Morgan fingerprint density at radius 1 is 2.00 bits per heavy atom. The first-order chi connectivity index (χ1) is 3.25. The van der Waals surface area contributed by atoms with Gasteiger partial charge in [0.15, 0.2) is 0 Å². The molecule has 0 amide bonds. The highest BCUT2D eigenvalue weighted by Gasteiger charge is 2.17. The predicted octanol–water partition coefficient (Wildman–Crippen LogP) is 0.634. The lowest BCUT2D eigenvalue weighted by Gasteiger charge is -2.01. The van der Waals surface area contributed by atoms with Crippen LogP contribution >= 0.6 is 0 Å². The highest BCUT2D eigenvalue weighted by atomic mass is 19.3. The van der Waals surface area contributed by atoms with E-state index in [1.165, 1.54) is 0 Å². The molecule has 0 aliphatic carbocycles. The lowest BCUT2D eigenvalue weighted by Crippen LogP contribution is -2.14. The van der Waals surface area contributed by atoms with Crippen molar-refractivity contribution >= 4 is 0 Å². The smallest absolute Gasteiger partial charge is 0.267 e. The Balaban J connectivity index is 4.02. The zero-order chi connectivity index (χ0) is 7.00. The Kier molecular flexibility index (Phi) is 0.733. The summed E-state index contributed by atoms with van der Waals surface area (Å²) in [6.45, 7) is -3.08. The summed E-state index contributed by atoms with van der Waals surface area (Å²) in [5.74, 6) is -3.67. The van der Waals surface area contributed by atoms with Crippen molar-refractivity contribution in [2.75, 3.05) is 6.56 Å². The first kappa shape index (κ1) is 2.91. The Bertz CT molecular complexity index is 70.3. The fourth-order valence-electron chi connectivity index (χ4n) is 0. The van der Waals surface area contributed by atoms with Crippen LogP contribution in [0.4, 0.5) is 8.78 Å². The Morgan fingerprint density at radius 3 is 2.17 bits per heavy atom. The van der Waals surface area contributed by atoms with Gasteiger partial charge in [-0.3, -0.25) is 0 Å². The summed E-state index contributed by atoms with van der Waals surface area (Å²) >= 11 is 0. The monoisotopic (exact) mass is 98.1 g/mol. The molecule has 0 saturated heterocycles. The molecule has 0 atom stereocenters. The maximum atomic E-state index is 11.6. The standard InChI is InChI=1S/C3H6F2O/c1-3(4,5)2-6/h6H,2H2,1H3/i2D2. The van der Waals surface area contributed by atoms with E-state index < -0.39 is 12.5 Å². The number of hydrogen-bond donors (Lipinski definition) is 1. The van der Waals surface area contributed by atoms with Gasteiger partial charge in [0.05, 0.1) is 2.74 Å². The van der Waals surface area contributed by atoms with E-state index in [4.69, 9.17) is 7.85 Å². The summed E-state index contributed by atoms with van der Waals surface area (Å²) in [6, 6.07) is 0. The van der Waals surface area contributed by atoms with Gasteiger partial charge in [0, 0.05) is 6.92 Å². The van der Waals surface area contributed by atoms with Crippen LogP contribution in [0.2, 0.25) is 0 Å². The lowest BCUT2D eigenvalue weighted by molar-refractivity contribution is -0.0322. The molecule has 0 saturated carbocycles. The Morgan fingerprint density at radius 2 is 2.17 bits per heavy atom. The number of hydrogen-bond acceptors (Lipinski definition) is 1. The van der Waals surface area contributed by atoms with E-state index in [-0.39, 0.29) is 0 Å². The van der Waals surface area contributed by atoms with Crippen molar-refractivity contribution in [2.45, 2.75) is 12.8 Å². The largest absolute Gasteiger partial charge is 0.390 e. The maximum absolute atomic E-state index is 11.6. The average molecular weight is 98.1 g/mol. The van der Waals surface area contributed by atoms with Gasteiger partial charge < -0.3 is 5.11 Å². The minimum Gasteiger partial charge on any atom is -0.390 e. The molecule has 0 heterocycles. The summed E-state index contributed by atoms with van der Waals surface area (Å²) < 4.78 is 35.3. The number of halogens is 2. The maximum Gasteiger partial charge on any atom is 0.267 e. The predicted molar refractivity (Wildman–Crippen MR) is 17.7 cm³/mol. The SMILES string of the molecule is [2H]C([2H])(O)C(C)(F)F. The van der Waals surface area contributed by atoms with Crippen LogP contribution in [0, 0.1) is 0 Å². The second-order valence-electron chi connectivity index (χ2n) is 1.00. The van der Waals surface area contributed by atoms with Crippen LogP contribution in [-0.2, 0) is 0 Å². The van der Waals surface area contributed by atoms with E-state index in [0.717, 1.165) is 0 Å². The highest BCUT2D eigenvalue weighted by molar-refractivity contribution is 4.50. The summed E-state index contributed by atoms with van der Waals surface area (Å²) in [7, 11) is 0. The first-order valence-electron chi connectivity index (χ1n) is 2.35. The van der Waals surface area contributed by atoms with E-state index in [1.54, 1.807) is 0 Å². The van der Waals surface area contributed by atoms with Crippen molar-refractivity contribution in [1.82, 2.24) is 0 Å². The lowest BCUT2D eigenvalue weighted by atomic mass is 10.4. The molecule has 0 spiro atoms. The van der Waals surface area contributed by atoms with Gasteiger partial charge >= 0.3 is 0 Å². The second kappa shape index (κ2) is 1.51. The molecule has 0 aromatic rings. The summed E-state index contributed by atoms with van der Waals surface area (Å²) in [5.41, 5.74) is 0. The third kappa shape index (κ3) is 3.82. The molecule has 0 aliphatic rings. The van der Waals surface area contributed by atoms with Crippen LogP contribution < -0.4 is 0 Å². The van der Waals surface area contributed by atoms with Gasteiger partial charge in [-0.05, 0) is 0 Å². The number of rotatable bonds is 1. The van der Waals surface area contributed by atoms with Crippen LogP contribution in [0.5, 0.6) is 0 Å². The average Bonchev–Trinajstić information content (AvgIpc) is 1.25. The summed E-state index contributed by atoms with van der Waals surface area (Å²) in [6.07, 6.45) is 0. The molecule has 0 unspecified atom stereocenters.